The average molecular weight is 404 g/mol. The van der Waals surface area contributed by atoms with Gasteiger partial charge in [0.05, 0.1) is 17.7 Å². The number of nitrogens with two attached hydrogens (primary N) is 1. The number of benzene rings is 2. The third kappa shape index (κ3) is 3.34. The lowest BCUT2D eigenvalue weighted by Crippen LogP contribution is -2.13. The Hall–Kier alpha value is -1.48. The number of hydrogen-bond acceptors (Lipinski definition) is 4. The van der Waals surface area contributed by atoms with Crippen LogP contribution in [0.5, 0.6) is 5.75 Å². The molecule has 106 valence electrons. The first-order valence-corrected chi connectivity index (χ1v) is 8.20. The molecular weight excluding hydrogens is 391 g/mol. The van der Waals surface area contributed by atoms with E-state index in [0.29, 0.717) is 17.1 Å². The normalized spacial score (nSPS) is 11.1. The largest absolute Gasteiger partial charge is 0.495 e. The fraction of sp³-hybridized carbons (Fsp3) is 0.0769. The van der Waals surface area contributed by atoms with Crippen molar-refractivity contribution in [1.29, 1.82) is 0 Å². The van der Waals surface area contributed by atoms with Gasteiger partial charge in [-0.3, -0.25) is 4.72 Å². The van der Waals surface area contributed by atoms with Crippen LogP contribution in [0, 0.1) is 3.57 Å². The van der Waals surface area contributed by atoms with Gasteiger partial charge in [0.25, 0.3) is 10.0 Å². The predicted molar refractivity (Wildman–Crippen MR) is 87.4 cm³/mol. The minimum absolute atomic E-state index is 0.0995. The molecule has 0 spiro atoms. The summed E-state index contributed by atoms with van der Waals surface area (Å²) in [6.07, 6.45) is 0. The number of sulfonamides is 1. The first-order chi connectivity index (χ1) is 9.42. The van der Waals surface area contributed by atoms with Gasteiger partial charge in [-0.15, -0.1) is 0 Å². The standard InChI is InChI=1S/C13H13IN2O3S/c1-19-13-8-11(5-6-12(13)15)20(17,18)16-10-4-2-3-9(14)7-10/h2-8,16H,15H2,1H3. The third-order valence-corrected chi connectivity index (χ3v) is 4.64. The van der Waals surface area contributed by atoms with E-state index in [0.717, 1.165) is 3.57 Å². The van der Waals surface area contributed by atoms with Crippen LogP contribution in [-0.4, -0.2) is 15.5 Å². The highest BCUT2D eigenvalue weighted by Gasteiger charge is 2.16. The maximum Gasteiger partial charge on any atom is 0.262 e. The van der Waals surface area contributed by atoms with E-state index in [2.05, 4.69) is 27.3 Å². The first-order valence-electron chi connectivity index (χ1n) is 5.64. The van der Waals surface area contributed by atoms with Crippen molar-refractivity contribution in [2.45, 2.75) is 4.90 Å². The number of anilines is 2. The molecule has 3 N–H and O–H groups in total. The molecule has 0 fully saturated rings. The molecule has 5 nitrogen and oxygen atoms in total. The Morgan fingerprint density at radius 1 is 1.20 bits per heavy atom. The van der Waals surface area contributed by atoms with Crippen molar-refractivity contribution >= 4 is 44.0 Å². The summed E-state index contributed by atoms with van der Waals surface area (Å²) < 4.78 is 33.1. The van der Waals surface area contributed by atoms with E-state index < -0.39 is 10.0 Å². The van der Waals surface area contributed by atoms with Gasteiger partial charge >= 0.3 is 0 Å². The van der Waals surface area contributed by atoms with Crippen LogP contribution in [-0.2, 0) is 10.0 Å². The van der Waals surface area contributed by atoms with Crippen LogP contribution in [0.2, 0.25) is 0 Å². The lowest BCUT2D eigenvalue weighted by molar-refractivity contribution is 0.415. The Balaban J connectivity index is 2.35. The summed E-state index contributed by atoms with van der Waals surface area (Å²) in [7, 11) is -2.23. The van der Waals surface area contributed by atoms with Crippen molar-refractivity contribution in [3.8, 4) is 5.75 Å². The summed E-state index contributed by atoms with van der Waals surface area (Å²) >= 11 is 2.12. The van der Waals surface area contributed by atoms with E-state index in [1.165, 1.54) is 25.3 Å². The Bertz CT molecular complexity index is 732. The molecule has 0 aromatic heterocycles. The van der Waals surface area contributed by atoms with Gasteiger partial charge in [-0.05, 0) is 52.9 Å². The second-order valence-electron chi connectivity index (χ2n) is 4.02. The fourth-order valence-corrected chi connectivity index (χ4v) is 3.23. The average Bonchev–Trinajstić information content (AvgIpc) is 2.38. The lowest BCUT2D eigenvalue weighted by atomic mass is 10.3. The minimum Gasteiger partial charge on any atom is -0.495 e. The van der Waals surface area contributed by atoms with Gasteiger partial charge in [0.15, 0.2) is 0 Å². The van der Waals surface area contributed by atoms with Gasteiger partial charge in [-0.2, -0.15) is 0 Å². The molecule has 20 heavy (non-hydrogen) atoms. The molecule has 0 aliphatic heterocycles. The Morgan fingerprint density at radius 2 is 1.95 bits per heavy atom. The van der Waals surface area contributed by atoms with Crippen molar-refractivity contribution in [2.24, 2.45) is 0 Å². The Labute approximate surface area is 131 Å². The van der Waals surface area contributed by atoms with E-state index in [-0.39, 0.29) is 4.90 Å². The molecule has 7 heteroatoms. The molecule has 0 heterocycles. The number of hydrogen-bond donors (Lipinski definition) is 2. The molecule has 0 unspecified atom stereocenters. The van der Waals surface area contributed by atoms with Crippen LogP contribution in [0.15, 0.2) is 47.4 Å². The van der Waals surface area contributed by atoms with Gasteiger partial charge in [0.1, 0.15) is 5.75 Å². The van der Waals surface area contributed by atoms with Crippen LogP contribution < -0.4 is 15.2 Å². The van der Waals surface area contributed by atoms with Crippen molar-refractivity contribution in [2.75, 3.05) is 17.6 Å². The maximum absolute atomic E-state index is 12.3. The van der Waals surface area contributed by atoms with E-state index in [4.69, 9.17) is 10.5 Å². The zero-order valence-corrected chi connectivity index (χ0v) is 13.6. The van der Waals surface area contributed by atoms with E-state index >= 15 is 0 Å². The minimum atomic E-state index is -3.67. The van der Waals surface area contributed by atoms with E-state index in [1.807, 2.05) is 6.07 Å². The van der Waals surface area contributed by atoms with Gasteiger partial charge in [0.2, 0.25) is 0 Å². The van der Waals surface area contributed by atoms with Crippen LogP contribution in [0.25, 0.3) is 0 Å². The molecule has 0 saturated heterocycles. The predicted octanol–water partition coefficient (Wildman–Crippen LogP) is 2.68. The van der Waals surface area contributed by atoms with Crippen molar-refractivity contribution in [1.82, 2.24) is 0 Å². The number of nitrogen functional groups attached to an aromatic ring is 1. The number of rotatable bonds is 4. The first kappa shape index (κ1) is 14.9. The highest BCUT2D eigenvalue weighted by molar-refractivity contribution is 14.1. The molecule has 0 aliphatic carbocycles. The fourth-order valence-electron chi connectivity index (χ4n) is 1.62. The summed E-state index contributed by atoms with van der Waals surface area (Å²) in [6.45, 7) is 0. The topological polar surface area (TPSA) is 81.4 Å². The second kappa shape index (κ2) is 5.88. The molecule has 2 aromatic rings. The lowest BCUT2D eigenvalue weighted by Gasteiger charge is -2.10. The van der Waals surface area contributed by atoms with Gasteiger partial charge in [-0.25, -0.2) is 8.42 Å². The SMILES string of the molecule is COc1cc(S(=O)(=O)Nc2cccc(I)c2)ccc1N. The van der Waals surface area contributed by atoms with Crippen molar-refractivity contribution < 1.29 is 13.2 Å². The molecule has 0 atom stereocenters. The Morgan fingerprint density at radius 3 is 2.60 bits per heavy atom. The van der Waals surface area contributed by atoms with Crippen LogP contribution in [0.4, 0.5) is 11.4 Å². The molecular formula is C13H13IN2O3S. The van der Waals surface area contributed by atoms with Gasteiger partial charge in [0, 0.05) is 15.3 Å². The molecule has 0 amide bonds. The summed E-state index contributed by atoms with van der Waals surface area (Å²) in [4.78, 5) is 0.0995. The van der Waals surface area contributed by atoms with Crippen LogP contribution in [0.3, 0.4) is 0 Å². The van der Waals surface area contributed by atoms with Gasteiger partial charge < -0.3 is 10.5 Å². The monoisotopic (exact) mass is 404 g/mol. The van der Waals surface area contributed by atoms with Crippen molar-refractivity contribution in [3.63, 3.8) is 0 Å². The zero-order valence-electron chi connectivity index (χ0n) is 10.6. The summed E-state index contributed by atoms with van der Waals surface area (Å²) in [5.74, 6) is 0.329. The number of ether oxygens (including phenoxy) is 1. The molecule has 0 radical (unpaired) electrons. The van der Waals surface area contributed by atoms with Gasteiger partial charge in [-0.1, -0.05) is 6.07 Å². The van der Waals surface area contributed by atoms with Crippen LogP contribution in [0.1, 0.15) is 0 Å². The quantitative estimate of drug-likeness (QED) is 0.607. The highest BCUT2D eigenvalue weighted by atomic mass is 127. The highest BCUT2D eigenvalue weighted by Crippen LogP contribution is 2.26. The molecule has 0 aliphatic rings. The number of halogens is 1. The van der Waals surface area contributed by atoms with Crippen LogP contribution >= 0.6 is 22.6 Å². The number of methoxy groups -OCH3 is 1. The number of nitrogens with one attached hydrogen (secondary N) is 1. The third-order valence-electron chi connectivity index (χ3n) is 2.59. The summed E-state index contributed by atoms with van der Waals surface area (Å²) in [5, 5.41) is 0. The zero-order chi connectivity index (χ0) is 14.8. The summed E-state index contributed by atoms with van der Waals surface area (Å²) in [5.41, 5.74) is 6.57. The van der Waals surface area contributed by atoms with E-state index in [1.54, 1.807) is 18.2 Å². The molecule has 0 saturated carbocycles. The molecule has 2 rings (SSSR count). The maximum atomic E-state index is 12.3. The van der Waals surface area contributed by atoms with Crippen molar-refractivity contribution in [3.05, 3.63) is 46.0 Å². The molecule has 0 bridgehead atoms. The van der Waals surface area contributed by atoms with E-state index in [9.17, 15) is 8.42 Å². The summed E-state index contributed by atoms with van der Waals surface area (Å²) in [6, 6.07) is 11.4. The molecule has 2 aromatic carbocycles. The Kier molecular flexibility index (Phi) is 4.39. The second-order valence-corrected chi connectivity index (χ2v) is 6.95. The smallest absolute Gasteiger partial charge is 0.262 e.